The number of hydrogen-bond donors (Lipinski definition) is 6. The molecular weight excluding hydrogens is 797 g/mol. The van der Waals surface area contributed by atoms with E-state index < -0.39 is 87.8 Å². The number of allylic oxidation sites excluding steroid dienone is 4. The topological polar surface area (TPSA) is 249 Å². The van der Waals surface area contributed by atoms with Crippen LogP contribution in [0.25, 0.3) is 0 Å². The van der Waals surface area contributed by atoms with Crippen LogP contribution in [0.2, 0.25) is 0 Å². The zero-order chi connectivity index (χ0) is 44.6. The highest BCUT2D eigenvalue weighted by Gasteiger charge is 2.41. The predicted octanol–water partition coefficient (Wildman–Crippen LogP) is 7.18. The number of ether oxygens (including phenoxy) is 2. The molecule has 0 radical (unpaired) electrons. The van der Waals surface area contributed by atoms with Crippen LogP contribution in [0.5, 0.6) is 0 Å². The van der Waals surface area contributed by atoms with E-state index in [1.165, 1.54) is 19.3 Å². The van der Waals surface area contributed by atoms with Crippen molar-refractivity contribution in [1.29, 1.82) is 0 Å². The van der Waals surface area contributed by atoms with E-state index >= 15 is 0 Å². The number of Topliss-reactive ketones (excluding diaryl/α,β-unsaturated/α-hetero) is 1. The first kappa shape index (κ1) is 55.3. The first-order valence-electron chi connectivity index (χ1n) is 22.2. The molecule has 1 aliphatic carbocycles. The summed E-state index contributed by atoms with van der Waals surface area (Å²) in [4.78, 5) is 59.1. The van der Waals surface area contributed by atoms with Gasteiger partial charge in [0.2, 0.25) is 0 Å². The third-order valence-corrected chi connectivity index (χ3v) is 11.3. The van der Waals surface area contributed by atoms with E-state index in [0.717, 1.165) is 64.2 Å². The maximum atomic E-state index is 12.9. The largest absolute Gasteiger partial charge is 0.480 e. The number of aliphatic carboxylic acids is 1. The van der Waals surface area contributed by atoms with Crippen molar-refractivity contribution in [1.82, 2.24) is 0 Å². The van der Waals surface area contributed by atoms with Crippen LogP contribution in [0.1, 0.15) is 155 Å². The summed E-state index contributed by atoms with van der Waals surface area (Å²) in [7, 11) is -4.83. The van der Waals surface area contributed by atoms with Crippen LogP contribution >= 0.6 is 7.82 Å². The molecule has 1 fully saturated rings. The van der Waals surface area contributed by atoms with Crippen LogP contribution in [0, 0.1) is 11.8 Å². The highest BCUT2D eigenvalue weighted by Crippen LogP contribution is 2.43. The lowest BCUT2D eigenvalue weighted by molar-refractivity contribution is -0.161. The van der Waals surface area contributed by atoms with E-state index in [9.17, 15) is 44.0 Å². The number of rotatable bonds is 37. The Morgan fingerprint density at radius 1 is 0.750 bits per heavy atom. The van der Waals surface area contributed by atoms with Gasteiger partial charge >= 0.3 is 25.7 Å². The molecule has 0 aromatic heterocycles. The lowest BCUT2D eigenvalue weighted by atomic mass is 9.87. The molecule has 1 saturated carbocycles. The average molecular weight is 874 g/mol. The molecule has 0 spiro atoms. The molecule has 0 aliphatic heterocycles. The van der Waals surface area contributed by atoms with E-state index in [1.54, 1.807) is 12.2 Å². The Morgan fingerprint density at radius 3 is 2.02 bits per heavy atom. The monoisotopic (exact) mass is 874 g/mol. The van der Waals surface area contributed by atoms with Crippen molar-refractivity contribution in [2.24, 2.45) is 17.6 Å². The standard InChI is InChI=1S/C44H76NO14P/c1-3-5-7-8-9-10-11-12-13-14-15-16-17-18-20-25-42(50)56-31-36(32-57-60(54,55)58-33-39(45)44(52)53)59-43(51)26-22-21-24-35(47)29-38-37(40(48)30-41(38)49)28-27-34(46)23-19-6-4-2/h9-10,12-13,27-28,34,36-41,46,48-49H,3-8,11,14-26,29-33,45H2,1-2H3,(H,52,53)(H,54,55)/b10-9-,13-12-,28-27+/t34-,36+,37+,38+,39-,40+,41-/m0/s1. The number of carboxylic acids is 1. The summed E-state index contributed by atoms with van der Waals surface area (Å²) in [5, 5.41) is 40.2. The molecule has 0 aromatic carbocycles. The summed E-state index contributed by atoms with van der Waals surface area (Å²) in [6.45, 7) is 2.26. The van der Waals surface area contributed by atoms with E-state index in [0.29, 0.717) is 19.3 Å². The lowest BCUT2D eigenvalue weighted by Crippen LogP contribution is -2.34. The fraction of sp³-hybridized carbons (Fsp3) is 0.773. The van der Waals surface area contributed by atoms with Gasteiger partial charge in [-0.3, -0.25) is 28.2 Å². The molecule has 0 bridgehead atoms. The van der Waals surface area contributed by atoms with Gasteiger partial charge in [-0.25, -0.2) is 4.57 Å². The van der Waals surface area contributed by atoms with Gasteiger partial charge in [0.1, 0.15) is 18.4 Å². The number of carboxylic acid groups (broad SMARTS) is 1. The number of phosphoric ester groups is 1. The van der Waals surface area contributed by atoms with E-state index in [1.807, 2.05) is 0 Å². The molecule has 1 rings (SSSR count). The lowest BCUT2D eigenvalue weighted by Gasteiger charge is -2.21. The number of aliphatic hydroxyl groups excluding tert-OH is 3. The smallest absolute Gasteiger partial charge is 0.472 e. The van der Waals surface area contributed by atoms with Gasteiger partial charge in [0.25, 0.3) is 0 Å². The number of phosphoric acid groups is 1. The van der Waals surface area contributed by atoms with Gasteiger partial charge in [-0.15, -0.1) is 0 Å². The van der Waals surface area contributed by atoms with Crippen LogP contribution in [0.3, 0.4) is 0 Å². The molecule has 346 valence electrons. The molecule has 8 atom stereocenters. The van der Waals surface area contributed by atoms with Gasteiger partial charge in [0.05, 0.1) is 31.5 Å². The molecule has 1 aliphatic rings. The van der Waals surface area contributed by atoms with Crippen LogP contribution in [-0.2, 0) is 42.3 Å². The Labute approximate surface area is 357 Å². The summed E-state index contributed by atoms with van der Waals surface area (Å²) < 4.78 is 32.6. The average Bonchev–Trinajstić information content (AvgIpc) is 3.47. The first-order valence-corrected chi connectivity index (χ1v) is 23.7. The Bertz CT molecular complexity index is 1340. The maximum Gasteiger partial charge on any atom is 0.472 e. The minimum Gasteiger partial charge on any atom is -0.480 e. The summed E-state index contributed by atoms with van der Waals surface area (Å²) in [5.74, 6) is -3.85. The molecule has 7 N–H and O–H groups in total. The number of carbonyl (C=O) groups excluding carboxylic acids is 3. The molecule has 60 heavy (non-hydrogen) atoms. The quantitative estimate of drug-likeness (QED) is 0.0157. The second-order valence-corrected chi connectivity index (χ2v) is 17.2. The number of ketones is 1. The van der Waals surface area contributed by atoms with Crippen molar-refractivity contribution in [2.45, 2.75) is 186 Å². The summed E-state index contributed by atoms with van der Waals surface area (Å²) in [5.41, 5.74) is 5.32. The van der Waals surface area contributed by atoms with Crippen molar-refractivity contribution >= 4 is 31.5 Å². The maximum absolute atomic E-state index is 12.9. The molecule has 0 amide bonds. The van der Waals surface area contributed by atoms with Gasteiger partial charge in [-0.1, -0.05) is 102 Å². The van der Waals surface area contributed by atoms with Crippen molar-refractivity contribution in [3.8, 4) is 0 Å². The Kier molecular flexibility index (Phi) is 31.2. The number of hydrogen-bond acceptors (Lipinski definition) is 13. The molecule has 15 nitrogen and oxygen atoms in total. The summed E-state index contributed by atoms with van der Waals surface area (Å²) in [6, 6.07) is -1.59. The highest BCUT2D eigenvalue weighted by molar-refractivity contribution is 7.47. The zero-order valence-electron chi connectivity index (χ0n) is 36.1. The Balaban J connectivity index is 2.54. The van der Waals surface area contributed by atoms with Crippen LogP contribution < -0.4 is 5.73 Å². The fourth-order valence-corrected chi connectivity index (χ4v) is 7.52. The molecule has 16 heteroatoms. The third-order valence-electron chi connectivity index (χ3n) is 10.3. The number of nitrogens with two attached hydrogens (primary N) is 1. The molecule has 0 heterocycles. The van der Waals surface area contributed by atoms with Gasteiger partial charge in [-0.05, 0) is 57.8 Å². The van der Waals surface area contributed by atoms with Crippen molar-refractivity contribution in [3.63, 3.8) is 0 Å². The van der Waals surface area contributed by atoms with Crippen LogP contribution in [0.4, 0.5) is 0 Å². The predicted molar refractivity (Wildman–Crippen MR) is 229 cm³/mol. The van der Waals surface area contributed by atoms with Crippen LogP contribution in [0.15, 0.2) is 36.5 Å². The summed E-state index contributed by atoms with van der Waals surface area (Å²) >= 11 is 0. The first-order chi connectivity index (χ1) is 28.7. The number of unbranched alkanes of at least 4 members (excludes halogenated alkanes) is 11. The van der Waals surface area contributed by atoms with Gasteiger partial charge in [0, 0.05) is 43.9 Å². The SMILES string of the molecule is CCCCC/C=C\C/C=C\CCCCCCCC(=O)OC[C@H](COP(=O)(O)OC[C@H](N)C(=O)O)OC(=O)CCCCC(=O)C[C@@H]1[C@@H](/C=C/[C@@H](O)CCCCC)[C@H](O)C[C@@H]1O. The molecule has 1 unspecified atom stereocenters. The normalized spacial score (nSPS) is 20.7. The Morgan fingerprint density at radius 2 is 1.33 bits per heavy atom. The highest BCUT2D eigenvalue weighted by atomic mass is 31.2. The molecule has 0 saturated heterocycles. The van der Waals surface area contributed by atoms with Gasteiger partial charge in [-0.2, -0.15) is 0 Å². The third kappa shape index (κ3) is 28.0. The zero-order valence-corrected chi connectivity index (χ0v) is 37.0. The van der Waals surface area contributed by atoms with Gasteiger partial charge < -0.3 is 40.5 Å². The van der Waals surface area contributed by atoms with E-state index in [2.05, 4.69) is 42.7 Å². The van der Waals surface area contributed by atoms with Gasteiger partial charge in [0.15, 0.2) is 6.10 Å². The molecule has 0 aromatic rings. The van der Waals surface area contributed by atoms with E-state index in [-0.39, 0.29) is 44.3 Å². The van der Waals surface area contributed by atoms with Crippen molar-refractivity contribution in [2.75, 3.05) is 19.8 Å². The van der Waals surface area contributed by atoms with E-state index in [4.69, 9.17) is 24.8 Å². The van der Waals surface area contributed by atoms with Crippen molar-refractivity contribution in [3.05, 3.63) is 36.5 Å². The minimum absolute atomic E-state index is 0.0320. The number of esters is 2. The summed E-state index contributed by atoms with van der Waals surface area (Å²) in [6.07, 6.45) is 24.2. The van der Waals surface area contributed by atoms with Crippen LogP contribution in [-0.4, -0.2) is 99.3 Å². The second kappa shape index (κ2) is 33.8. The second-order valence-electron chi connectivity index (χ2n) is 15.8. The number of aliphatic hydroxyl groups is 3. The number of carbonyl (C=O) groups is 4. The Hall–Kier alpha value is -2.75. The fourth-order valence-electron chi connectivity index (χ4n) is 6.74. The minimum atomic E-state index is -4.83. The molecular formula is C44H76NO14P. The van der Waals surface area contributed by atoms with Crippen molar-refractivity contribution < 1.29 is 67.6 Å².